The molecule has 0 aromatic heterocycles. The summed E-state index contributed by atoms with van der Waals surface area (Å²) in [7, 11) is 4.80. The van der Waals surface area contributed by atoms with Crippen molar-refractivity contribution >= 4 is 14.2 Å². The molecular weight excluding hydrogens is 72.9 g/mol. The minimum atomic E-state index is 0.481. The lowest BCUT2D eigenvalue weighted by atomic mass is 10.2. The van der Waals surface area contributed by atoms with Gasteiger partial charge in [0.2, 0.25) is 0 Å². The van der Waals surface area contributed by atoms with Gasteiger partial charge in [-0.05, 0) is 12.1 Å². The summed E-state index contributed by atoms with van der Waals surface area (Å²) in [5, 5.41) is 0. The molecule has 0 saturated heterocycles. The Morgan fingerprint density at radius 3 is 2.17 bits per heavy atom. The van der Waals surface area contributed by atoms with Gasteiger partial charge in [0, 0.05) is 0 Å². The van der Waals surface area contributed by atoms with Crippen LogP contribution in [0, 0.1) is 5.92 Å². The molecule has 0 aromatic carbocycles. The Labute approximate surface area is 39.9 Å². The molecule has 0 unspecified atom stereocenters. The van der Waals surface area contributed by atoms with Crippen LogP contribution in [0.25, 0.3) is 0 Å². The van der Waals surface area contributed by atoms with Crippen LogP contribution in [0.4, 0.5) is 0 Å². The predicted octanol–water partition coefficient (Wildman–Crippen LogP) is 0.797. The predicted molar refractivity (Wildman–Crippen MR) is 29.1 cm³/mol. The van der Waals surface area contributed by atoms with Gasteiger partial charge >= 0.3 is 0 Å². The molecule has 0 aliphatic carbocycles. The van der Waals surface area contributed by atoms with E-state index in [1.807, 2.05) is 13.8 Å². The molecule has 0 heterocycles. The van der Waals surface area contributed by atoms with Gasteiger partial charge in [0.05, 0.1) is 0 Å². The molecule has 0 aliphatic rings. The molecule has 32 valence electrons. The minimum absolute atomic E-state index is 0.481. The third-order valence-corrected chi connectivity index (χ3v) is 0.384. The van der Waals surface area contributed by atoms with E-state index in [9.17, 15) is 0 Å². The van der Waals surface area contributed by atoms with Gasteiger partial charge in [0.25, 0.3) is 7.98 Å². The van der Waals surface area contributed by atoms with Crippen molar-refractivity contribution in [2.75, 3.05) is 0 Å². The first-order valence-electron chi connectivity index (χ1n) is 2.00. The number of hydrogen-bond acceptors (Lipinski definition) is 1. The monoisotopic (exact) mass is 81.1 g/mol. The van der Waals surface area contributed by atoms with Crippen LogP contribution in [0.3, 0.4) is 0 Å². The highest BCUT2D eigenvalue weighted by atomic mass is 14.5. The van der Waals surface area contributed by atoms with E-state index in [0.717, 1.165) is 0 Å². The van der Waals surface area contributed by atoms with Crippen LogP contribution in [0.2, 0.25) is 0 Å². The van der Waals surface area contributed by atoms with Crippen molar-refractivity contribution in [2.24, 2.45) is 10.8 Å². The van der Waals surface area contributed by atoms with Crippen LogP contribution in [0.1, 0.15) is 13.8 Å². The van der Waals surface area contributed by atoms with E-state index in [4.69, 9.17) is 7.98 Å². The lowest BCUT2D eigenvalue weighted by Gasteiger charge is -1.86. The Kier molecular flexibility index (Phi) is 2.82. The zero-order valence-corrected chi connectivity index (χ0v) is 4.18. The van der Waals surface area contributed by atoms with Crippen LogP contribution >= 0.6 is 0 Å². The van der Waals surface area contributed by atoms with Crippen molar-refractivity contribution in [3.05, 3.63) is 0 Å². The molecule has 0 amide bonds. The van der Waals surface area contributed by atoms with E-state index in [1.54, 1.807) is 6.21 Å². The summed E-state index contributed by atoms with van der Waals surface area (Å²) in [5.74, 6) is 0.481. The standard InChI is InChI=1S/C4H8BN/c1-4(2)3-6-5/h3-4H,1-2H3/b6-3+. The van der Waals surface area contributed by atoms with Gasteiger partial charge in [-0.3, -0.25) is 0 Å². The summed E-state index contributed by atoms with van der Waals surface area (Å²) in [6.07, 6.45) is 1.69. The maximum absolute atomic E-state index is 4.80. The summed E-state index contributed by atoms with van der Waals surface area (Å²) in [6, 6.07) is 0. The molecule has 6 heavy (non-hydrogen) atoms. The van der Waals surface area contributed by atoms with Gasteiger partial charge < -0.3 is 4.90 Å². The van der Waals surface area contributed by atoms with Crippen LogP contribution in [0.5, 0.6) is 0 Å². The molecule has 0 aromatic rings. The third kappa shape index (κ3) is 3.73. The van der Waals surface area contributed by atoms with E-state index in [1.165, 1.54) is 0 Å². The molecule has 0 rings (SSSR count). The normalized spacial score (nSPS) is 11.2. The summed E-state index contributed by atoms with van der Waals surface area (Å²) < 4.78 is 0. The van der Waals surface area contributed by atoms with Crippen LogP contribution in [-0.4, -0.2) is 14.2 Å². The van der Waals surface area contributed by atoms with Crippen molar-refractivity contribution in [2.45, 2.75) is 13.8 Å². The van der Waals surface area contributed by atoms with Crippen LogP contribution < -0.4 is 0 Å². The molecule has 2 heteroatoms. The van der Waals surface area contributed by atoms with E-state index in [-0.39, 0.29) is 0 Å². The van der Waals surface area contributed by atoms with Crippen molar-refractivity contribution in [1.29, 1.82) is 0 Å². The first-order valence-corrected chi connectivity index (χ1v) is 2.00. The summed E-state index contributed by atoms with van der Waals surface area (Å²) >= 11 is 0. The fourth-order valence-corrected chi connectivity index (χ4v) is 0.172. The molecule has 0 aliphatic heterocycles. The molecule has 2 radical (unpaired) electrons. The van der Waals surface area contributed by atoms with Crippen LogP contribution in [-0.2, 0) is 0 Å². The number of rotatable bonds is 1. The first-order chi connectivity index (χ1) is 2.77. The summed E-state index contributed by atoms with van der Waals surface area (Å²) in [4.78, 5) is 3.31. The fraction of sp³-hybridized carbons (Fsp3) is 0.750. The second-order valence-electron chi connectivity index (χ2n) is 1.54. The minimum Gasteiger partial charge on any atom is -0.367 e. The van der Waals surface area contributed by atoms with Gasteiger partial charge in [-0.1, -0.05) is 13.8 Å². The summed E-state index contributed by atoms with van der Waals surface area (Å²) in [5.41, 5.74) is 0. The highest BCUT2D eigenvalue weighted by Crippen LogP contribution is 1.81. The second-order valence-corrected chi connectivity index (χ2v) is 1.54. The third-order valence-electron chi connectivity index (χ3n) is 0.384. The SMILES string of the molecule is [B]/N=C/C(C)C. The second kappa shape index (κ2) is 2.95. The highest BCUT2D eigenvalue weighted by Gasteiger charge is 1.77. The Balaban J connectivity index is 3.03. The molecule has 0 spiro atoms. The van der Waals surface area contributed by atoms with E-state index >= 15 is 0 Å². The molecule has 0 atom stereocenters. The maximum atomic E-state index is 4.80. The Morgan fingerprint density at radius 2 is 2.17 bits per heavy atom. The average Bonchev–Trinajstić information content (AvgIpc) is 1.35. The van der Waals surface area contributed by atoms with Gasteiger partial charge in [-0.2, -0.15) is 0 Å². The smallest absolute Gasteiger partial charge is 0.258 e. The quantitative estimate of drug-likeness (QED) is 0.327. The lowest BCUT2D eigenvalue weighted by Crippen LogP contribution is -1.84. The van der Waals surface area contributed by atoms with Crippen LogP contribution in [0.15, 0.2) is 4.90 Å². The van der Waals surface area contributed by atoms with Crippen molar-refractivity contribution in [1.82, 2.24) is 0 Å². The molecule has 0 saturated carbocycles. The van der Waals surface area contributed by atoms with Gasteiger partial charge in [0.1, 0.15) is 0 Å². The molecule has 0 bridgehead atoms. The molecule has 0 N–H and O–H groups in total. The Bertz CT molecular complexity index is 49.5. The van der Waals surface area contributed by atoms with Crippen molar-refractivity contribution in [3.8, 4) is 0 Å². The first kappa shape index (κ1) is 5.73. The zero-order valence-electron chi connectivity index (χ0n) is 4.18. The highest BCUT2D eigenvalue weighted by molar-refractivity contribution is 6.09. The van der Waals surface area contributed by atoms with E-state index in [2.05, 4.69) is 4.90 Å². The van der Waals surface area contributed by atoms with Gasteiger partial charge in [-0.15, -0.1) is 0 Å². The van der Waals surface area contributed by atoms with E-state index in [0.29, 0.717) is 5.92 Å². The lowest BCUT2D eigenvalue weighted by molar-refractivity contribution is 0.910. The van der Waals surface area contributed by atoms with Crippen molar-refractivity contribution in [3.63, 3.8) is 0 Å². The number of nitrogens with zero attached hydrogens (tertiary/aromatic N) is 1. The van der Waals surface area contributed by atoms with E-state index < -0.39 is 0 Å². The topological polar surface area (TPSA) is 12.4 Å². The molecule has 0 fully saturated rings. The largest absolute Gasteiger partial charge is 0.367 e. The average molecular weight is 80.9 g/mol. The van der Waals surface area contributed by atoms with Crippen molar-refractivity contribution < 1.29 is 0 Å². The summed E-state index contributed by atoms with van der Waals surface area (Å²) in [6.45, 7) is 4.05. The Hall–Kier alpha value is -0.265. The van der Waals surface area contributed by atoms with Gasteiger partial charge in [0.15, 0.2) is 0 Å². The molecule has 1 nitrogen and oxygen atoms in total. The Morgan fingerprint density at radius 1 is 1.67 bits per heavy atom. The fourth-order valence-electron chi connectivity index (χ4n) is 0.172. The maximum Gasteiger partial charge on any atom is 0.258 e. The number of hydrogen-bond donors (Lipinski definition) is 0. The molecular formula is C4H8BN. The van der Waals surface area contributed by atoms with Gasteiger partial charge in [-0.25, -0.2) is 0 Å². The zero-order chi connectivity index (χ0) is 4.99.